The summed E-state index contributed by atoms with van der Waals surface area (Å²) in [6.07, 6.45) is -0.0750. The molecule has 0 amide bonds. The van der Waals surface area contributed by atoms with Gasteiger partial charge >= 0.3 is 5.97 Å². The van der Waals surface area contributed by atoms with E-state index in [2.05, 4.69) is 15.3 Å². The maximum atomic E-state index is 10.7. The number of ether oxygens (including phenoxy) is 1. The van der Waals surface area contributed by atoms with E-state index in [0.29, 0.717) is 27.4 Å². The maximum Gasteiger partial charge on any atom is 0.306 e. The van der Waals surface area contributed by atoms with Gasteiger partial charge in [0, 0.05) is 32.9 Å². The Labute approximate surface area is 200 Å². The van der Waals surface area contributed by atoms with Crippen LogP contribution in [0.25, 0.3) is 22.5 Å². The molecule has 0 aliphatic rings. The largest absolute Gasteiger partial charge is 0.493 e. The molecular weight excluding hydrogens is 461 g/mol. The van der Waals surface area contributed by atoms with E-state index in [0.717, 1.165) is 22.5 Å². The van der Waals surface area contributed by atoms with E-state index in [1.54, 1.807) is 12.1 Å². The first kappa shape index (κ1) is 22.6. The van der Waals surface area contributed by atoms with Crippen LogP contribution in [0.1, 0.15) is 6.42 Å². The van der Waals surface area contributed by atoms with Crippen LogP contribution in [0, 0.1) is 0 Å². The van der Waals surface area contributed by atoms with Crippen molar-refractivity contribution in [2.24, 2.45) is 0 Å². The van der Waals surface area contributed by atoms with E-state index < -0.39 is 5.97 Å². The fourth-order valence-corrected chi connectivity index (χ4v) is 3.34. The number of halogens is 2. The van der Waals surface area contributed by atoms with Crippen LogP contribution >= 0.6 is 23.2 Å². The highest BCUT2D eigenvalue weighted by molar-refractivity contribution is 6.30. The SMILES string of the molecule is O=C(O)CCOc1cccc(Nc2nc(-c3ccc(Cl)cc3)cc(-c3ccc(Cl)cc3)n2)c1. The Kier molecular flexibility index (Phi) is 7.07. The first-order valence-corrected chi connectivity index (χ1v) is 10.8. The first-order chi connectivity index (χ1) is 16.0. The number of nitrogens with one attached hydrogen (secondary N) is 1. The predicted molar refractivity (Wildman–Crippen MR) is 130 cm³/mol. The number of benzene rings is 3. The molecule has 0 aliphatic carbocycles. The summed E-state index contributed by atoms with van der Waals surface area (Å²) in [6, 6.07) is 23.9. The monoisotopic (exact) mass is 479 g/mol. The molecule has 0 aliphatic heterocycles. The highest BCUT2D eigenvalue weighted by Gasteiger charge is 2.10. The van der Waals surface area contributed by atoms with Gasteiger partial charge in [-0.05, 0) is 42.5 Å². The molecular formula is C25H19Cl2N3O3. The Bertz CT molecular complexity index is 1200. The molecule has 0 bridgehead atoms. The molecule has 166 valence electrons. The summed E-state index contributed by atoms with van der Waals surface area (Å²) in [7, 11) is 0. The minimum Gasteiger partial charge on any atom is -0.493 e. The lowest BCUT2D eigenvalue weighted by Crippen LogP contribution is -2.05. The van der Waals surface area contributed by atoms with Crippen molar-refractivity contribution in [2.45, 2.75) is 6.42 Å². The van der Waals surface area contributed by atoms with Gasteiger partial charge < -0.3 is 15.2 Å². The summed E-state index contributed by atoms with van der Waals surface area (Å²) in [5, 5.41) is 13.3. The van der Waals surface area contributed by atoms with Gasteiger partial charge in [-0.1, -0.05) is 53.5 Å². The van der Waals surface area contributed by atoms with Crippen molar-refractivity contribution in [3.63, 3.8) is 0 Å². The lowest BCUT2D eigenvalue weighted by molar-refractivity contribution is -0.137. The Hall–Kier alpha value is -3.61. The molecule has 4 rings (SSSR count). The Balaban J connectivity index is 1.66. The lowest BCUT2D eigenvalue weighted by atomic mass is 10.1. The van der Waals surface area contributed by atoms with Crippen LogP contribution in [0.2, 0.25) is 10.0 Å². The predicted octanol–water partition coefficient (Wildman–Crippen LogP) is 6.71. The van der Waals surface area contributed by atoms with Gasteiger partial charge in [-0.3, -0.25) is 4.79 Å². The first-order valence-electron chi connectivity index (χ1n) is 10.1. The van der Waals surface area contributed by atoms with E-state index in [-0.39, 0.29) is 13.0 Å². The molecule has 1 aromatic heterocycles. The van der Waals surface area contributed by atoms with Gasteiger partial charge in [0.1, 0.15) is 5.75 Å². The van der Waals surface area contributed by atoms with E-state index in [1.807, 2.05) is 66.7 Å². The molecule has 33 heavy (non-hydrogen) atoms. The third-order valence-electron chi connectivity index (χ3n) is 4.68. The minimum atomic E-state index is -0.911. The van der Waals surface area contributed by atoms with Crippen molar-refractivity contribution in [3.8, 4) is 28.3 Å². The quantitative estimate of drug-likeness (QED) is 0.292. The fraction of sp³-hybridized carbons (Fsp3) is 0.0800. The summed E-state index contributed by atoms with van der Waals surface area (Å²) in [4.78, 5) is 20.1. The summed E-state index contributed by atoms with van der Waals surface area (Å²) in [6.45, 7) is 0.0854. The molecule has 8 heteroatoms. The minimum absolute atomic E-state index is 0.0750. The lowest BCUT2D eigenvalue weighted by Gasteiger charge is -2.12. The highest BCUT2D eigenvalue weighted by atomic mass is 35.5. The van der Waals surface area contributed by atoms with Gasteiger partial charge in [0.05, 0.1) is 24.4 Å². The van der Waals surface area contributed by atoms with Gasteiger partial charge in [0.15, 0.2) is 0 Å². The van der Waals surface area contributed by atoms with Crippen molar-refractivity contribution < 1.29 is 14.6 Å². The molecule has 3 aromatic carbocycles. The molecule has 0 radical (unpaired) electrons. The number of hydrogen-bond acceptors (Lipinski definition) is 5. The summed E-state index contributed by atoms with van der Waals surface area (Å²) < 4.78 is 5.52. The van der Waals surface area contributed by atoms with Crippen molar-refractivity contribution in [1.29, 1.82) is 0 Å². The van der Waals surface area contributed by atoms with Crippen LogP contribution in [-0.2, 0) is 4.79 Å². The second-order valence-corrected chi connectivity index (χ2v) is 7.99. The summed E-state index contributed by atoms with van der Waals surface area (Å²) in [5.41, 5.74) is 3.95. The average molecular weight is 480 g/mol. The fourth-order valence-electron chi connectivity index (χ4n) is 3.09. The third kappa shape index (κ3) is 6.22. The van der Waals surface area contributed by atoms with Gasteiger partial charge in [-0.25, -0.2) is 9.97 Å². The number of carbonyl (C=O) groups is 1. The highest BCUT2D eigenvalue weighted by Crippen LogP contribution is 2.28. The van der Waals surface area contributed by atoms with E-state index in [1.165, 1.54) is 0 Å². The van der Waals surface area contributed by atoms with Gasteiger partial charge in [0.2, 0.25) is 5.95 Å². The molecule has 4 aromatic rings. The number of anilines is 2. The number of carboxylic acids is 1. The molecule has 0 atom stereocenters. The zero-order valence-corrected chi connectivity index (χ0v) is 18.8. The number of aliphatic carboxylic acids is 1. The van der Waals surface area contributed by atoms with Crippen molar-refractivity contribution in [1.82, 2.24) is 9.97 Å². The van der Waals surface area contributed by atoms with Crippen LogP contribution in [0.3, 0.4) is 0 Å². The molecule has 6 nitrogen and oxygen atoms in total. The number of hydrogen-bond donors (Lipinski definition) is 2. The van der Waals surface area contributed by atoms with Crippen LogP contribution in [0.15, 0.2) is 78.9 Å². The molecule has 0 fully saturated rings. The second kappa shape index (κ2) is 10.3. The van der Waals surface area contributed by atoms with Crippen LogP contribution < -0.4 is 10.1 Å². The van der Waals surface area contributed by atoms with Crippen molar-refractivity contribution in [2.75, 3.05) is 11.9 Å². The van der Waals surface area contributed by atoms with Crippen LogP contribution in [-0.4, -0.2) is 27.7 Å². The van der Waals surface area contributed by atoms with E-state index >= 15 is 0 Å². The zero-order valence-electron chi connectivity index (χ0n) is 17.3. The average Bonchev–Trinajstić information content (AvgIpc) is 2.80. The zero-order chi connectivity index (χ0) is 23.2. The number of aromatic nitrogens is 2. The smallest absolute Gasteiger partial charge is 0.306 e. The number of rotatable bonds is 8. The van der Waals surface area contributed by atoms with Gasteiger partial charge in [-0.2, -0.15) is 0 Å². The van der Waals surface area contributed by atoms with Crippen LogP contribution in [0.4, 0.5) is 11.6 Å². The summed E-state index contributed by atoms with van der Waals surface area (Å²) >= 11 is 12.1. The second-order valence-electron chi connectivity index (χ2n) is 7.12. The maximum absolute atomic E-state index is 10.7. The number of carboxylic acid groups (broad SMARTS) is 1. The van der Waals surface area contributed by atoms with E-state index in [4.69, 9.17) is 33.0 Å². The van der Waals surface area contributed by atoms with Crippen molar-refractivity contribution in [3.05, 3.63) is 88.9 Å². The van der Waals surface area contributed by atoms with Crippen LogP contribution in [0.5, 0.6) is 5.75 Å². The summed E-state index contributed by atoms with van der Waals surface area (Å²) in [5.74, 6) is 0.0366. The molecule has 1 heterocycles. The number of nitrogens with zero attached hydrogens (tertiary/aromatic N) is 2. The third-order valence-corrected chi connectivity index (χ3v) is 5.18. The topological polar surface area (TPSA) is 84.3 Å². The standard InChI is InChI=1S/C25H19Cl2N3O3/c26-18-8-4-16(5-9-18)22-15-23(17-6-10-19(27)11-7-17)30-25(29-22)28-20-2-1-3-21(14-20)33-13-12-24(31)32/h1-11,14-15H,12-13H2,(H,31,32)(H,28,29,30). The molecule has 0 spiro atoms. The molecule has 0 unspecified atom stereocenters. The molecule has 0 saturated heterocycles. The van der Waals surface area contributed by atoms with Crippen molar-refractivity contribution >= 4 is 40.8 Å². The molecule has 0 saturated carbocycles. The normalized spacial score (nSPS) is 10.6. The Morgan fingerprint density at radius 2 is 1.42 bits per heavy atom. The Morgan fingerprint density at radius 3 is 1.97 bits per heavy atom. The molecule has 2 N–H and O–H groups in total. The Morgan fingerprint density at radius 1 is 0.848 bits per heavy atom. The van der Waals surface area contributed by atoms with Gasteiger partial charge in [-0.15, -0.1) is 0 Å². The van der Waals surface area contributed by atoms with Gasteiger partial charge in [0.25, 0.3) is 0 Å². The van der Waals surface area contributed by atoms with E-state index in [9.17, 15) is 4.79 Å².